The van der Waals surface area contributed by atoms with Gasteiger partial charge in [0.2, 0.25) is 0 Å². The zero-order valence-electron chi connectivity index (χ0n) is 76.2. The molecule has 12 aliphatic carbocycles. The Kier molecular flexibility index (Phi) is 24.9. The zero-order chi connectivity index (χ0) is 96.8. The molecule has 28 heteroatoms. The van der Waals surface area contributed by atoms with E-state index in [0.29, 0.717) is 86.8 Å². The van der Waals surface area contributed by atoms with Gasteiger partial charge in [0.05, 0.1) is 55.9 Å². The van der Waals surface area contributed by atoms with E-state index in [4.69, 9.17) is 52.0 Å². The molecule has 8 heterocycles. The van der Waals surface area contributed by atoms with Gasteiger partial charge < -0.3 is 18.9 Å². The van der Waals surface area contributed by atoms with Gasteiger partial charge in [-0.2, -0.15) is 26.3 Å². The van der Waals surface area contributed by atoms with Crippen LogP contribution in [0.1, 0.15) is 306 Å². The average Bonchev–Trinajstić information content (AvgIpc) is 1.53. The summed E-state index contributed by atoms with van der Waals surface area (Å²) < 4.78 is 90.7. The molecule has 0 bridgehead atoms. The Morgan fingerprint density at radius 1 is 0.348 bits per heavy atom. The highest BCUT2D eigenvalue weighted by atomic mass is 32.1. The smallest absolute Gasteiger partial charge is 0.386 e. The minimum atomic E-state index is -4.00. The predicted molar refractivity (Wildman–Crippen MR) is 518 cm³/mol. The molecule has 4 aliphatic heterocycles. The summed E-state index contributed by atoms with van der Waals surface area (Å²) in [7, 11) is 0. The van der Waals surface area contributed by atoms with Gasteiger partial charge in [0.1, 0.15) is 65.8 Å². The molecule has 4 unspecified atom stereocenters. The van der Waals surface area contributed by atoms with Crippen molar-refractivity contribution in [2.75, 3.05) is 0 Å². The van der Waals surface area contributed by atoms with Crippen LogP contribution in [0.25, 0.3) is 67.4 Å². The number of thiazole rings is 4. The molecule has 4 spiro atoms. The lowest BCUT2D eigenvalue weighted by Gasteiger charge is -2.45. The number of allylic oxidation sites excluding steroid dienone is 20. The van der Waals surface area contributed by atoms with Crippen LogP contribution in [0.5, 0.6) is 0 Å². The molecule has 0 radical (unpaired) electrons. The zero-order valence-corrected chi connectivity index (χ0v) is 79.4. The molecular weight excluding hydrogens is 1840 g/mol. The Labute approximate surface area is 809 Å². The van der Waals surface area contributed by atoms with Crippen LogP contribution in [0.2, 0.25) is 0 Å². The first-order valence-corrected chi connectivity index (χ1v) is 50.1. The summed E-state index contributed by atoms with van der Waals surface area (Å²) in [6, 6.07) is 32.3. The summed E-state index contributed by atoms with van der Waals surface area (Å²) in [5.74, 6) is 1.73. The van der Waals surface area contributed by atoms with Crippen molar-refractivity contribution in [2.45, 2.75) is 205 Å². The van der Waals surface area contributed by atoms with Gasteiger partial charge in [-0.15, -0.1) is 45.3 Å². The van der Waals surface area contributed by atoms with Crippen molar-refractivity contribution in [1.82, 2.24) is 19.9 Å². The maximum absolute atomic E-state index is 13.9. The van der Waals surface area contributed by atoms with Gasteiger partial charge >= 0.3 is 12.4 Å². The molecular formula is C110H90F6N8O10S4. The summed E-state index contributed by atoms with van der Waals surface area (Å²) >= 11 is 6.10. The molecule has 4 aromatic carbocycles. The number of carbonyl (C=O) groups is 6. The molecule has 24 rings (SSSR count). The summed E-state index contributed by atoms with van der Waals surface area (Å²) in [6.07, 6.45) is 36.2. The van der Waals surface area contributed by atoms with Crippen molar-refractivity contribution < 1.29 is 74.1 Å². The molecule has 8 aromatic rings. The van der Waals surface area contributed by atoms with E-state index in [2.05, 4.69) is 58.3 Å². The lowest BCUT2D eigenvalue weighted by atomic mass is 9.73. The normalized spacial score (nSPS) is 23.1. The van der Waals surface area contributed by atoms with Crippen LogP contribution in [-0.4, -0.2) is 67.0 Å². The Balaban J connectivity index is 0.000000157. The van der Waals surface area contributed by atoms with Crippen LogP contribution in [0.4, 0.5) is 26.3 Å². The van der Waals surface area contributed by atoms with Gasteiger partial charge in [0, 0.05) is 115 Å². The summed E-state index contributed by atoms with van der Waals surface area (Å²) in [6.45, 7) is 23.9. The molecule has 0 N–H and O–H groups in total. The third-order valence-electron chi connectivity index (χ3n) is 27.6. The number of fused-ring (bicyclic) bond motifs is 22. The number of ether oxygens (including phenoxy) is 4. The summed E-state index contributed by atoms with van der Waals surface area (Å²) in [5, 5.41) is 22.5. The number of Topliss-reactive ketones (excluding diaryl/α,β-unsaturated/α-hetero) is 6. The molecule has 4 fully saturated rings. The first-order chi connectivity index (χ1) is 66.6. The summed E-state index contributed by atoms with van der Waals surface area (Å²) in [4.78, 5) is 113. The van der Waals surface area contributed by atoms with E-state index in [1.165, 1.54) is 45.3 Å². The number of carbonyl (C=O) groups excluding carboxylic acids is 6. The maximum atomic E-state index is 13.9. The maximum Gasteiger partial charge on any atom is 0.386 e. The van der Waals surface area contributed by atoms with Gasteiger partial charge in [0.15, 0.2) is 57.1 Å². The van der Waals surface area contributed by atoms with Crippen LogP contribution in [-0.2, 0) is 41.4 Å². The summed E-state index contributed by atoms with van der Waals surface area (Å²) in [5.41, 5.74) is 10.4. The van der Waals surface area contributed by atoms with E-state index in [0.717, 1.165) is 216 Å². The standard InChI is InChI=1S/C54H36N6O4S2.C48H36N2O6S2.2C2H3F3.2C2H6/c1-57-39(27-55)45-31-13-5-7-15-33(31)47(61)37(45)25-43-59-51-49(65-43)35-21-29-24-42-36(22-30(29)23-41(35)63-53(51)17-9-3-10-18-53)50-52(54(64-42)19-11-4-12-20-54)60-44(66-50)26-38-46(40(28-56)58-2)32-14-6-8-16-34(32)48(38)62;51-39-27-11-3-4-12-28(27)40(52)33(39)23-37-49-45-43(57-37)31-19-26-22-36-32(20-25(26)21-35(31)55-47(45)15-7-1-8-16-47)44-46(48(56-36)17-9-2-10-18-48)50-38(58-44)24-34-41(53)29-13-5-6-14-30(29)42(34)54;2*1-2(3,4)5;2*1-2/h5-8,13-16,21-26,29-30H,3-4,9-12,17-20H2;3-6,11-14,19-26H,1-2,7-10,15-18H2;2*1H3;2*1-2H3/b37-25-,38-26-,45-39+,46-40?;;;;;. The minimum Gasteiger partial charge on any atom is -0.481 e. The second-order valence-electron chi connectivity index (χ2n) is 36.1. The molecule has 18 nitrogen and oxygen atoms in total. The van der Waals surface area contributed by atoms with Crippen LogP contribution >= 0.6 is 45.3 Å². The van der Waals surface area contributed by atoms with Crippen molar-refractivity contribution in [2.24, 2.45) is 23.7 Å². The second-order valence-corrected chi connectivity index (χ2v) is 40.3. The van der Waals surface area contributed by atoms with E-state index in [1.807, 2.05) is 52.0 Å². The highest BCUT2D eigenvalue weighted by molar-refractivity contribution is 7.15. The number of ketones is 6. The average molecular weight is 1930 g/mol. The van der Waals surface area contributed by atoms with Gasteiger partial charge in [-0.3, -0.25) is 28.8 Å². The SMILES string of the molecule is CC.CC.CC(F)(F)F.CC(F)(F)F.O=C1C(=Cc2nc3c(s2)C2=CC4C=C5OC6(CCCCC6)c6nc(C=C7C(=O)c8ccccc8C7=O)sc6C5=CC4C=C2OC32CCCCC2)C(=O)c2ccccc21.[C-]#[N+]C(C#N)=C1/C(=C/c2nc3c(s2)C2=CC4C=C5OC6(CCCCC6)c6nc(/C=C7\C(=O)c8ccccc8\C7=C(\C#N)[N+]#[C-])sc6C5=CC4C=C2OC32CCCCC2)C(=O)c2ccccc21. The Morgan fingerprint density at radius 3 is 0.754 bits per heavy atom. The van der Waals surface area contributed by atoms with Crippen molar-refractivity contribution >= 4 is 138 Å². The van der Waals surface area contributed by atoms with Crippen molar-refractivity contribution in [3.05, 3.63) is 332 Å². The number of hydrogen-bond donors (Lipinski definition) is 0. The van der Waals surface area contributed by atoms with Crippen molar-refractivity contribution in [3.63, 3.8) is 0 Å². The van der Waals surface area contributed by atoms with Crippen LogP contribution < -0.4 is 0 Å². The van der Waals surface area contributed by atoms with Crippen molar-refractivity contribution in [3.8, 4) is 12.1 Å². The van der Waals surface area contributed by atoms with Gasteiger partial charge in [-0.05, 0) is 162 Å². The molecule has 4 atom stereocenters. The molecule has 4 aromatic heterocycles. The lowest BCUT2D eigenvalue weighted by molar-refractivity contribution is -0.111. The fourth-order valence-electron chi connectivity index (χ4n) is 21.8. The number of halogens is 6. The van der Waals surface area contributed by atoms with E-state index in [9.17, 15) is 65.6 Å². The molecule has 0 saturated heterocycles. The second kappa shape index (κ2) is 36.8. The minimum absolute atomic E-state index is 0.00492. The molecule has 696 valence electrons. The predicted octanol–water partition coefficient (Wildman–Crippen LogP) is 27.9. The quantitative estimate of drug-likeness (QED) is 0.0522. The fourth-order valence-corrected chi connectivity index (χ4v) is 26.3. The number of nitrogens with zero attached hydrogens (tertiary/aromatic N) is 8. The largest absolute Gasteiger partial charge is 0.481 e. The van der Waals surface area contributed by atoms with Crippen molar-refractivity contribution in [1.29, 1.82) is 10.5 Å². The fraction of sp³-hybridized carbons (Fsp3) is 0.327. The lowest BCUT2D eigenvalue weighted by Crippen LogP contribution is -2.38. The number of aromatic nitrogens is 4. The molecule has 0 amide bonds. The molecule has 16 aliphatic rings. The third kappa shape index (κ3) is 16.6. The topological polar surface area (TPSA) is 247 Å². The van der Waals surface area contributed by atoms with E-state index in [1.54, 1.807) is 109 Å². The Hall–Kier alpha value is -13.5. The number of benzene rings is 4. The van der Waals surface area contributed by atoms with E-state index < -0.39 is 34.8 Å². The van der Waals surface area contributed by atoms with Gasteiger partial charge in [-0.25, -0.2) is 40.1 Å². The first-order valence-electron chi connectivity index (χ1n) is 46.8. The van der Waals surface area contributed by atoms with Gasteiger partial charge in [0.25, 0.3) is 11.4 Å². The first kappa shape index (κ1) is 93.5. The van der Waals surface area contributed by atoms with Gasteiger partial charge in [-0.1, -0.05) is 175 Å². The Bertz CT molecular complexity index is 6710. The highest BCUT2D eigenvalue weighted by Gasteiger charge is 2.55. The number of nitriles is 2. The monoisotopic (exact) mass is 1920 g/mol. The third-order valence-corrected chi connectivity index (χ3v) is 31.8. The van der Waals surface area contributed by atoms with E-state index in [-0.39, 0.29) is 94.8 Å². The highest BCUT2D eigenvalue weighted by Crippen LogP contribution is 2.62. The van der Waals surface area contributed by atoms with Crippen LogP contribution in [0, 0.1) is 59.5 Å². The molecule has 4 saturated carbocycles. The number of rotatable bonds is 4. The molecule has 138 heavy (non-hydrogen) atoms. The van der Waals surface area contributed by atoms with E-state index >= 15 is 0 Å². The number of alkyl halides is 6. The number of hydrogen-bond acceptors (Lipinski definition) is 20. The van der Waals surface area contributed by atoms with Crippen LogP contribution in [0.3, 0.4) is 0 Å². The Morgan fingerprint density at radius 2 is 0.543 bits per heavy atom. The van der Waals surface area contributed by atoms with Crippen LogP contribution in [0.15, 0.2) is 202 Å².